The van der Waals surface area contributed by atoms with Crippen molar-refractivity contribution in [2.45, 2.75) is 78.5 Å². The van der Waals surface area contributed by atoms with E-state index in [4.69, 9.17) is 30.8 Å². The lowest BCUT2D eigenvalue weighted by Gasteiger charge is -2.32. The molecule has 2 N–H and O–H groups in total. The molecule has 0 aliphatic carbocycles. The van der Waals surface area contributed by atoms with Crippen LogP contribution in [-0.2, 0) is 30.5 Å². The highest BCUT2D eigenvalue weighted by Crippen LogP contribution is 2.40. The average molecular weight is 1010 g/mol. The van der Waals surface area contributed by atoms with Crippen LogP contribution in [0.2, 0.25) is 5.02 Å². The van der Waals surface area contributed by atoms with Crippen LogP contribution >= 0.6 is 22.9 Å². The SMILES string of the molecule is COc1cc([N+](=O)[O-])c(COC(=O)N2C(=O)CCC(N3C(=O)c4cccc(OCC(=O)NCCCCNC(=O)C[C@@H]5N=C(c6ccc(Cl)cc6)c6c(sc(C)c6C)-n6c(C)nnc65)c4C3=O)C2=O)cc1C. The number of fused-ring (bicyclic) bond motifs is 4. The summed E-state index contributed by atoms with van der Waals surface area (Å²) in [7, 11) is 1.33. The molecule has 3 aliphatic rings. The number of aromatic nitrogens is 3. The van der Waals surface area contributed by atoms with E-state index < -0.39 is 78.0 Å². The standard InChI is InChI=1S/C48H46ClN9O12S/c1-24-19-29(34(58(66)67)21-36(24)68-5)22-70-48(65)57-39(61)16-15-33(45(57)63)56-44(62)31-9-8-10-35(41(31)46(56)64)69-23-38(60)51-18-7-6-17-50-37(59)20-32-43-54-53-27(4)55(43)47-40(25(2)26(3)71-47)42(52-32)28-11-13-30(49)14-12-28/h8-14,19,21,32-33H,6-7,15-18,20,22-23H2,1-5H3,(H,50,59)(H,51,60)/t32-,33?/m0/s1. The van der Waals surface area contributed by atoms with Gasteiger partial charge in [0.05, 0.1) is 46.9 Å². The number of thiophene rings is 1. The van der Waals surface area contributed by atoms with Crippen molar-refractivity contribution in [3.63, 3.8) is 0 Å². The number of imide groups is 4. The highest BCUT2D eigenvalue weighted by atomic mass is 35.5. The highest BCUT2D eigenvalue weighted by Gasteiger charge is 2.50. The summed E-state index contributed by atoms with van der Waals surface area (Å²) < 4.78 is 18.0. The number of hydrogen-bond acceptors (Lipinski definition) is 16. The molecule has 368 valence electrons. The molecule has 1 unspecified atom stereocenters. The maximum atomic E-state index is 13.8. The van der Waals surface area contributed by atoms with Gasteiger partial charge in [0.25, 0.3) is 29.3 Å². The number of nitrogens with one attached hydrogen (secondary N) is 2. The average Bonchev–Trinajstić information content (AvgIpc) is 3.92. The number of amides is 7. The van der Waals surface area contributed by atoms with Gasteiger partial charge in [0.15, 0.2) is 12.4 Å². The van der Waals surface area contributed by atoms with Gasteiger partial charge in [-0.1, -0.05) is 29.8 Å². The van der Waals surface area contributed by atoms with Crippen molar-refractivity contribution in [1.29, 1.82) is 0 Å². The molecule has 0 spiro atoms. The quantitative estimate of drug-likeness (QED) is 0.0500. The summed E-state index contributed by atoms with van der Waals surface area (Å²) in [5, 5.41) is 27.7. The summed E-state index contributed by atoms with van der Waals surface area (Å²) >= 11 is 7.84. The number of unbranched alkanes of at least 4 members (excludes halogenated alkanes) is 1. The smallest absolute Gasteiger partial charge is 0.423 e. The number of nitro benzene ring substituents is 1. The van der Waals surface area contributed by atoms with Crippen LogP contribution < -0.4 is 20.1 Å². The molecule has 5 aromatic rings. The first-order chi connectivity index (χ1) is 34.0. The zero-order valence-electron chi connectivity index (χ0n) is 39.0. The van der Waals surface area contributed by atoms with Crippen LogP contribution in [0.15, 0.2) is 59.6 Å². The molecule has 7 amide bonds. The summed E-state index contributed by atoms with van der Waals surface area (Å²) in [5.74, 6) is -3.43. The van der Waals surface area contributed by atoms with Gasteiger partial charge in [0, 0.05) is 40.5 Å². The lowest BCUT2D eigenvalue weighted by Crippen LogP contribution is -2.57. The zero-order valence-corrected chi connectivity index (χ0v) is 40.6. The number of rotatable bonds is 16. The monoisotopic (exact) mass is 1010 g/mol. The number of ether oxygens (including phenoxy) is 3. The molecule has 21 nitrogen and oxygen atoms in total. The third-order valence-corrected chi connectivity index (χ3v) is 13.7. The molecule has 1 saturated heterocycles. The van der Waals surface area contributed by atoms with Crippen LogP contribution in [0.5, 0.6) is 11.5 Å². The molecule has 0 bridgehead atoms. The van der Waals surface area contributed by atoms with E-state index in [9.17, 15) is 43.7 Å². The van der Waals surface area contributed by atoms with Gasteiger partial charge in [0.2, 0.25) is 11.8 Å². The van der Waals surface area contributed by atoms with Gasteiger partial charge >= 0.3 is 6.09 Å². The second-order valence-corrected chi connectivity index (χ2v) is 18.5. The second-order valence-electron chi connectivity index (χ2n) is 16.8. The summed E-state index contributed by atoms with van der Waals surface area (Å²) in [4.78, 5) is 112. The molecule has 71 heavy (non-hydrogen) atoms. The Hall–Kier alpha value is -7.85. The fraction of sp³-hybridized carbons (Fsp3) is 0.333. The molecule has 1 fully saturated rings. The fourth-order valence-electron chi connectivity index (χ4n) is 8.60. The van der Waals surface area contributed by atoms with Crippen molar-refractivity contribution >= 4 is 75.9 Å². The number of aryl methyl sites for hydroxylation is 3. The van der Waals surface area contributed by atoms with Crippen molar-refractivity contribution in [1.82, 2.24) is 35.2 Å². The van der Waals surface area contributed by atoms with Crippen LogP contribution in [-0.4, -0.2) is 110 Å². The van der Waals surface area contributed by atoms with E-state index in [1.165, 1.54) is 31.4 Å². The third-order valence-electron chi connectivity index (χ3n) is 12.3. The maximum absolute atomic E-state index is 13.8. The van der Waals surface area contributed by atoms with Crippen LogP contribution in [0, 0.1) is 37.8 Å². The van der Waals surface area contributed by atoms with E-state index in [2.05, 4.69) is 27.8 Å². The lowest BCUT2D eigenvalue weighted by atomic mass is 9.99. The van der Waals surface area contributed by atoms with Crippen molar-refractivity contribution in [2.24, 2.45) is 4.99 Å². The number of carbonyl (C=O) groups is 7. The number of piperidine rings is 1. The van der Waals surface area contributed by atoms with Gasteiger partial charge in [0.1, 0.15) is 41.0 Å². The third kappa shape index (κ3) is 9.84. The van der Waals surface area contributed by atoms with Gasteiger partial charge in [-0.3, -0.25) is 53.3 Å². The molecular weight excluding hydrogens is 962 g/mol. The number of nitro groups is 1. The van der Waals surface area contributed by atoms with E-state index in [-0.39, 0.29) is 58.4 Å². The predicted molar refractivity (Wildman–Crippen MR) is 255 cm³/mol. The van der Waals surface area contributed by atoms with E-state index >= 15 is 0 Å². The van der Waals surface area contributed by atoms with Gasteiger partial charge in [-0.2, -0.15) is 4.90 Å². The molecule has 2 aromatic heterocycles. The number of nitrogens with zero attached hydrogens (tertiary/aromatic N) is 7. The fourth-order valence-corrected chi connectivity index (χ4v) is 9.94. The molecule has 8 rings (SSSR count). The van der Waals surface area contributed by atoms with Crippen molar-refractivity contribution in [2.75, 3.05) is 26.8 Å². The number of benzene rings is 3. The molecule has 23 heteroatoms. The van der Waals surface area contributed by atoms with Crippen molar-refractivity contribution in [3.8, 4) is 16.5 Å². The highest BCUT2D eigenvalue weighted by molar-refractivity contribution is 7.15. The molecule has 3 aromatic carbocycles. The number of carbonyl (C=O) groups excluding carboxylic acids is 7. The molecule has 3 aliphatic heterocycles. The van der Waals surface area contributed by atoms with E-state index in [1.807, 2.05) is 30.5 Å². The Morgan fingerprint density at radius 1 is 0.915 bits per heavy atom. The second kappa shape index (κ2) is 20.6. The van der Waals surface area contributed by atoms with Gasteiger partial charge in [-0.05, 0) is 88.4 Å². The van der Waals surface area contributed by atoms with Crippen molar-refractivity contribution in [3.05, 3.63) is 125 Å². The number of halogens is 1. The Balaban J connectivity index is 0.824. The van der Waals surface area contributed by atoms with Crippen LogP contribution in [0.4, 0.5) is 10.5 Å². The van der Waals surface area contributed by atoms with E-state index in [1.54, 1.807) is 30.4 Å². The number of hydrogen-bond donors (Lipinski definition) is 2. The van der Waals surface area contributed by atoms with E-state index in [0.29, 0.717) is 46.5 Å². The van der Waals surface area contributed by atoms with Gasteiger partial charge < -0.3 is 24.8 Å². The Kier molecular flexibility index (Phi) is 14.4. The minimum absolute atomic E-state index is 0.0108. The first-order valence-corrected chi connectivity index (χ1v) is 23.6. The Morgan fingerprint density at radius 2 is 1.63 bits per heavy atom. The molecular formula is C48H46ClN9O12S. The molecule has 2 atom stereocenters. The summed E-state index contributed by atoms with van der Waals surface area (Å²) in [5.41, 5.74) is 3.32. The minimum atomic E-state index is -1.58. The lowest BCUT2D eigenvalue weighted by molar-refractivity contribution is -0.385. The maximum Gasteiger partial charge on any atom is 0.423 e. The largest absolute Gasteiger partial charge is 0.496 e. The zero-order chi connectivity index (χ0) is 50.8. The van der Waals surface area contributed by atoms with Crippen LogP contribution in [0.25, 0.3) is 5.00 Å². The van der Waals surface area contributed by atoms with E-state index in [0.717, 1.165) is 38.3 Å². The summed E-state index contributed by atoms with van der Waals surface area (Å²) in [6, 6.07) is 11.9. The molecule has 0 saturated carbocycles. The number of likely N-dealkylation sites (tertiary alicyclic amines) is 1. The minimum Gasteiger partial charge on any atom is -0.496 e. The Bertz CT molecular complexity index is 3080. The summed E-state index contributed by atoms with van der Waals surface area (Å²) in [6.07, 6.45) is -1.13. The van der Waals surface area contributed by atoms with Gasteiger partial charge in [-0.15, -0.1) is 21.5 Å². The normalized spacial score (nSPS) is 16.2. The number of methoxy groups -OCH3 is 1. The Morgan fingerprint density at radius 3 is 2.34 bits per heavy atom. The number of aliphatic imine (C=N–C) groups is 1. The predicted octanol–water partition coefficient (Wildman–Crippen LogP) is 5.96. The summed E-state index contributed by atoms with van der Waals surface area (Å²) in [6.45, 7) is 6.91. The molecule has 5 heterocycles. The first-order valence-electron chi connectivity index (χ1n) is 22.4. The first kappa shape index (κ1) is 49.6. The van der Waals surface area contributed by atoms with Crippen LogP contribution in [0.3, 0.4) is 0 Å². The Labute approximate surface area is 414 Å². The molecule has 0 radical (unpaired) electrons. The van der Waals surface area contributed by atoms with Crippen LogP contribution in [0.1, 0.15) is 103 Å². The topological polar surface area (TPSA) is 264 Å². The van der Waals surface area contributed by atoms with Gasteiger partial charge in [-0.25, -0.2) is 4.79 Å². The van der Waals surface area contributed by atoms with Crippen molar-refractivity contribution < 1.29 is 52.7 Å².